The molecule has 0 amide bonds. The zero-order valence-electron chi connectivity index (χ0n) is 10.5. The molecule has 0 bridgehead atoms. The molecule has 1 aromatic rings. The number of hydrogen-bond donors (Lipinski definition) is 1. The summed E-state index contributed by atoms with van der Waals surface area (Å²) in [6.07, 6.45) is 4.69. The van der Waals surface area contributed by atoms with Gasteiger partial charge in [0.15, 0.2) is 0 Å². The molecule has 1 aliphatic rings. The van der Waals surface area contributed by atoms with E-state index >= 15 is 0 Å². The lowest BCUT2D eigenvalue weighted by atomic mass is 9.70. The summed E-state index contributed by atoms with van der Waals surface area (Å²) in [4.78, 5) is 0. The topological polar surface area (TPSA) is 26.0 Å². The fraction of sp³-hybridized carbons (Fsp3) is 0.600. The van der Waals surface area contributed by atoms with Crippen molar-refractivity contribution in [2.75, 3.05) is 6.54 Å². The van der Waals surface area contributed by atoms with E-state index in [0.717, 1.165) is 24.3 Å². The fourth-order valence-electron chi connectivity index (χ4n) is 3.13. The van der Waals surface area contributed by atoms with Gasteiger partial charge >= 0.3 is 0 Å². The van der Waals surface area contributed by atoms with Crippen molar-refractivity contribution in [1.82, 2.24) is 0 Å². The molecule has 1 aromatic carbocycles. The molecular formula is C15H22FN. The Balaban J connectivity index is 2.23. The van der Waals surface area contributed by atoms with Crippen molar-refractivity contribution < 1.29 is 4.39 Å². The second-order valence-electron chi connectivity index (χ2n) is 5.21. The molecule has 0 heterocycles. The SMILES string of the molecule is CCC1CCC(CN)C(c2ccccc2F)C1. The Morgan fingerprint density at radius 3 is 2.71 bits per heavy atom. The van der Waals surface area contributed by atoms with Gasteiger partial charge in [0, 0.05) is 0 Å². The van der Waals surface area contributed by atoms with Gasteiger partial charge in [0.25, 0.3) is 0 Å². The first-order chi connectivity index (χ1) is 8.26. The molecule has 17 heavy (non-hydrogen) atoms. The number of hydrogen-bond acceptors (Lipinski definition) is 1. The van der Waals surface area contributed by atoms with Crippen molar-refractivity contribution in [2.45, 2.75) is 38.5 Å². The summed E-state index contributed by atoms with van der Waals surface area (Å²) < 4.78 is 13.9. The highest BCUT2D eigenvalue weighted by Gasteiger charge is 2.31. The molecule has 2 heteroatoms. The van der Waals surface area contributed by atoms with Crippen molar-refractivity contribution in [3.8, 4) is 0 Å². The molecule has 2 N–H and O–H groups in total. The van der Waals surface area contributed by atoms with E-state index in [1.165, 1.54) is 12.8 Å². The van der Waals surface area contributed by atoms with Crippen LogP contribution in [0.5, 0.6) is 0 Å². The molecule has 0 spiro atoms. The maximum atomic E-state index is 13.9. The van der Waals surface area contributed by atoms with Crippen LogP contribution in [0, 0.1) is 17.7 Å². The zero-order chi connectivity index (χ0) is 12.3. The van der Waals surface area contributed by atoms with Crippen LogP contribution in [0.3, 0.4) is 0 Å². The smallest absolute Gasteiger partial charge is 0.126 e. The van der Waals surface area contributed by atoms with Gasteiger partial charge < -0.3 is 5.73 Å². The van der Waals surface area contributed by atoms with Crippen LogP contribution in [-0.2, 0) is 0 Å². The first-order valence-electron chi connectivity index (χ1n) is 6.70. The van der Waals surface area contributed by atoms with Gasteiger partial charge in [-0.25, -0.2) is 4.39 Å². The molecule has 1 nitrogen and oxygen atoms in total. The molecule has 3 unspecified atom stereocenters. The monoisotopic (exact) mass is 235 g/mol. The van der Waals surface area contributed by atoms with Gasteiger partial charge in [-0.2, -0.15) is 0 Å². The predicted molar refractivity (Wildman–Crippen MR) is 69.3 cm³/mol. The summed E-state index contributed by atoms with van der Waals surface area (Å²) in [7, 11) is 0. The van der Waals surface area contributed by atoms with E-state index in [1.807, 2.05) is 12.1 Å². The average Bonchev–Trinajstić information content (AvgIpc) is 2.38. The van der Waals surface area contributed by atoms with Crippen LogP contribution >= 0.6 is 0 Å². The maximum Gasteiger partial charge on any atom is 0.126 e. The number of nitrogens with two attached hydrogens (primary N) is 1. The van der Waals surface area contributed by atoms with Crippen molar-refractivity contribution in [3.63, 3.8) is 0 Å². The van der Waals surface area contributed by atoms with Crippen LogP contribution in [0.1, 0.15) is 44.1 Å². The van der Waals surface area contributed by atoms with E-state index in [1.54, 1.807) is 12.1 Å². The predicted octanol–water partition coefficient (Wildman–Crippen LogP) is 3.69. The summed E-state index contributed by atoms with van der Waals surface area (Å²) in [5.41, 5.74) is 6.72. The fourth-order valence-corrected chi connectivity index (χ4v) is 3.13. The highest BCUT2D eigenvalue weighted by molar-refractivity contribution is 5.23. The van der Waals surface area contributed by atoms with Crippen molar-refractivity contribution in [3.05, 3.63) is 35.6 Å². The molecule has 2 rings (SSSR count). The van der Waals surface area contributed by atoms with Gasteiger partial charge in [-0.1, -0.05) is 38.0 Å². The van der Waals surface area contributed by atoms with E-state index in [4.69, 9.17) is 5.73 Å². The first kappa shape index (κ1) is 12.6. The number of rotatable bonds is 3. The van der Waals surface area contributed by atoms with Crippen LogP contribution in [0.25, 0.3) is 0 Å². The highest BCUT2D eigenvalue weighted by Crippen LogP contribution is 2.41. The van der Waals surface area contributed by atoms with Crippen LogP contribution in [0.4, 0.5) is 4.39 Å². The van der Waals surface area contributed by atoms with Crippen molar-refractivity contribution >= 4 is 0 Å². The molecule has 0 radical (unpaired) electrons. The molecular weight excluding hydrogens is 213 g/mol. The van der Waals surface area contributed by atoms with Gasteiger partial charge in [-0.15, -0.1) is 0 Å². The largest absolute Gasteiger partial charge is 0.330 e. The Morgan fingerprint density at radius 2 is 2.06 bits per heavy atom. The second kappa shape index (κ2) is 5.63. The minimum atomic E-state index is -0.0623. The van der Waals surface area contributed by atoms with E-state index in [2.05, 4.69) is 6.92 Å². The molecule has 0 aromatic heterocycles. The number of benzene rings is 1. The lowest BCUT2D eigenvalue weighted by molar-refractivity contribution is 0.232. The Morgan fingerprint density at radius 1 is 1.29 bits per heavy atom. The van der Waals surface area contributed by atoms with Gasteiger partial charge in [0.05, 0.1) is 0 Å². The van der Waals surface area contributed by atoms with Crippen LogP contribution < -0.4 is 5.73 Å². The van der Waals surface area contributed by atoms with Crippen LogP contribution in [-0.4, -0.2) is 6.54 Å². The minimum absolute atomic E-state index is 0.0623. The average molecular weight is 235 g/mol. The van der Waals surface area contributed by atoms with Crippen molar-refractivity contribution in [1.29, 1.82) is 0 Å². The molecule has 1 aliphatic carbocycles. The van der Waals surface area contributed by atoms with E-state index in [-0.39, 0.29) is 5.82 Å². The molecule has 1 saturated carbocycles. The third-order valence-electron chi connectivity index (χ3n) is 4.29. The van der Waals surface area contributed by atoms with Gasteiger partial charge in [0.2, 0.25) is 0 Å². The number of halogens is 1. The molecule has 3 atom stereocenters. The standard InChI is InChI=1S/C15H22FN/c1-2-11-7-8-12(10-17)14(9-11)13-5-3-4-6-15(13)16/h3-6,11-12,14H,2,7-10,17H2,1H3. The van der Waals surface area contributed by atoms with Gasteiger partial charge in [-0.05, 0) is 48.8 Å². The second-order valence-corrected chi connectivity index (χ2v) is 5.21. The summed E-state index contributed by atoms with van der Waals surface area (Å²) in [6.45, 7) is 2.90. The maximum absolute atomic E-state index is 13.9. The summed E-state index contributed by atoms with van der Waals surface area (Å²) in [5, 5.41) is 0. The third kappa shape index (κ3) is 2.68. The lowest BCUT2D eigenvalue weighted by Gasteiger charge is -2.35. The molecule has 1 fully saturated rings. The molecule has 0 saturated heterocycles. The van der Waals surface area contributed by atoms with E-state index in [0.29, 0.717) is 18.4 Å². The van der Waals surface area contributed by atoms with Crippen molar-refractivity contribution in [2.24, 2.45) is 17.6 Å². The zero-order valence-corrected chi connectivity index (χ0v) is 10.5. The molecule has 0 aliphatic heterocycles. The third-order valence-corrected chi connectivity index (χ3v) is 4.29. The van der Waals surface area contributed by atoms with Gasteiger partial charge in [-0.3, -0.25) is 0 Å². The summed E-state index contributed by atoms with van der Waals surface area (Å²) in [5.74, 6) is 1.45. The Hall–Kier alpha value is -0.890. The normalized spacial score (nSPS) is 29.2. The summed E-state index contributed by atoms with van der Waals surface area (Å²) >= 11 is 0. The lowest BCUT2D eigenvalue weighted by Crippen LogP contribution is -2.29. The highest BCUT2D eigenvalue weighted by atomic mass is 19.1. The minimum Gasteiger partial charge on any atom is -0.330 e. The van der Waals surface area contributed by atoms with Gasteiger partial charge in [0.1, 0.15) is 5.82 Å². The molecule has 94 valence electrons. The Kier molecular flexibility index (Phi) is 4.16. The van der Waals surface area contributed by atoms with Crippen LogP contribution in [0.2, 0.25) is 0 Å². The van der Waals surface area contributed by atoms with Crippen LogP contribution in [0.15, 0.2) is 24.3 Å². The van der Waals surface area contributed by atoms with E-state index < -0.39 is 0 Å². The van der Waals surface area contributed by atoms with E-state index in [9.17, 15) is 4.39 Å². The quantitative estimate of drug-likeness (QED) is 0.849. The Labute approximate surface area is 103 Å². The first-order valence-corrected chi connectivity index (χ1v) is 6.70. The summed E-state index contributed by atoms with van der Waals surface area (Å²) in [6, 6.07) is 7.19. The Bertz CT molecular complexity index is 364.